The molecule has 88 valence electrons. The van der Waals surface area contributed by atoms with Crippen molar-refractivity contribution in [1.82, 2.24) is 14.8 Å². The Balaban J connectivity index is 2.79. The summed E-state index contributed by atoms with van der Waals surface area (Å²) in [5, 5.41) is 8.24. The molecule has 1 N–H and O–H groups in total. The van der Waals surface area contributed by atoms with Crippen LogP contribution in [0.2, 0.25) is 0 Å². The lowest BCUT2D eigenvalue weighted by Crippen LogP contribution is -2.19. The number of aromatic nitrogens is 3. The van der Waals surface area contributed by atoms with Crippen molar-refractivity contribution in [3.8, 4) is 0 Å². The summed E-state index contributed by atoms with van der Waals surface area (Å²) in [6.45, 7) is 3.76. The summed E-state index contributed by atoms with van der Waals surface area (Å²) in [5.74, 6) is -0.443. The maximum absolute atomic E-state index is 11.4. The monoisotopic (exact) mass is 243 g/mol. The minimum atomic E-state index is -0.443. The van der Waals surface area contributed by atoms with Crippen molar-refractivity contribution in [1.29, 1.82) is 0 Å². The van der Waals surface area contributed by atoms with Gasteiger partial charge in [0.1, 0.15) is 0 Å². The number of thioether (sulfide) groups is 1. The highest BCUT2D eigenvalue weighted by Crippen LogP contribution is 2.17. The summed E-state index contributed by atoms with van der Waals surface area (Å²) >= 11 is 1.18. The predicted molar refractivity (Wildman–Crippen MR) is 60.2 cm³/mol. The molecule has 1 aromatic heterocycles. The van der Waals surface area contributed by atoms with E-state index in [4.69, 9.17) is 0 Å². The first-order chi connectivity index (χ1) is 7.56. The third-order valence-electron chi connectivity index (χ3n) is 1.77. The Morgan fingerprint density at radius 1 is 1.62 bits per heavy atom. The number of rotatable bonds is 4. The van der Waals surface area contributed by atoms with Crippen molar-refractivity contribution in [2.75, 3.05) is 7.11 Å². The van der Waals surface area contributed by atoms with Crippen LogP contribution in [-0.2, 0) is 9.53 Å². The van der Waals surface area contributed by atoms with Crippen molar-refractivity contribution < 1.29 is 9.53 Å². The van der Waals surface area contributed by atoms with Crippen molar-refractivity contribution in [2.24, 2.45) is 0 Å². The van der Waals surface area contributed by atoms with E-state index in [1.807, 2.05) is 13.8 Å². The van der Waals surface area contributed by atoms with Crippen LogP contribution in [0.15, 0.2) is 21.4 Å². The average molecular weight is 243 g/mol. The molecule has 0 spiro atoms. The second-order valence-electron chi connectivity index (χ2n) is 3.22. The number of hydrogen-bond donors (Lipinski definition) is 1. The average Bonchev–Trinajstić information content (AvgIpc) is 2.59. The molecule has 1 aromatic rings. The van der Waals surface area contributed by atoms with Gasteiger partial charge in [-0.2, -0.15) is 0 Å². The topological polar surface area (TPSA) is 77.0 Å². The number of nitrogens with zero attached hydrogens (tertiary/aromatic N) is 2. The smallest absolute Gasteiger partial charge is 0.344 e. The standard InChI is InChI=1S/C9H13N3O3S/c1-6(2)12-8(14)10-11-9(12)16-5-4-7(13)15-3/h4-6H,1-3H3,(H,10,14). The van der Waals surface area contributed by atoms with Gasteiger partial charge in [0.05, 0.1) is 7.11 Å². The fourth-order valence-electron chi connectivity index (χ4n) is 1.05. The highest BCUT2D eigenvalue weighted by Gasteiger charge is 2.10. The van der Waals surface area contributed by atoms with Crippen molar-refractivity contribution in [3.05, 3.63) is 22.0 Å². The summed E-state index contributed by atoms with van der Waals surface area (Å²) in [6.07, 6.45) is 1.27. The lowest BCUT2D eigenvalue weighted by molar-refractivity contribution is -0.134. The first-order valence-electron chi connectivity index (χ1n) is 4.64. The van der Waals surface area contributed by atoms with Crippen LogP contribution in [0.1, 0.15) is 19.9 Å². The Morgan fingerprint density at radius 3 is 2.88 bits per heavy atom. The van der Waals surface area contributed by atoms with Gasteiger partial charge in [0, 0.05) is 12.1 Å². The van der Waals surface area contributed by atoms with Gasteiger partial charge >= 0.3 is 11.7 Å². The molecule has 0 aromatic carbocycles. The zero-order valence-electron chi connectivity index (χ0n) is 9.26. The normalized spacial score (nSPS) is 11.2. The first-order valence-corrected chi connectivity index (χ1v) is 5.52. The number of esters is 1. The number of carbonyl (C=O) groups excluding carboxylic acids is 1. The largest absolute Gasteiger partial charge is 0.466 e. The molecule has 0 aliphatic carbocycles. The number of nitrogens with one attached hydrogen (secondary N) is 1. The molecular formula is C9H13N3O3S. The predicted octanol–water partition coefficient (Wildman–Crippen LogP) is 0.931. The molecule has 1 rings (SSSR count). The van der Waals surface area contributed by atoms with Crippen LogP contribution < -0.4 is 5.69 Å². The van der Waals surface area contributed by atoms with Crippen LogP contribution in [0.25, 0.3) is 0 Å². The third kappa shape index (κ3) is 2.99. The Morgan fingerprint density at radius 2 is 2.31 bits per heavy atom. The van der Waals surface area contributed by atoms with Gasteiger partial charge in [-0.25, -0.2) is 14.7 Å². The van der Waals surface area contributed by atoms with E-state index in [1.165, 1.54) is 34.9 Å². The lowest BCUT2D eigenvalue weighted by Gasteiger charge is -2.06. The molecule has 0 aliphatic heterocycles. The van der Waals surface area contributed by atoms with Crippen LogP contribution in [0.5, 0.6) is 0 Å². The Labute approximate surface area is 96.7 Å². The van der Waals surface area contributed by atoms with Crippen molar-refractivity contribution in [3.63, 3.8) is 0 Å². The number of carbonyl (C=O) groups is 1. The second kappa shape index (κ2) is 5.55. The fraction of sp³-hybridized carbons (Fsp3) is 0.444. The van der Waals surface area contributed by atoms with E-state index in [-0.39, 0.29) is 11.7 Å². The van der Waals surface area contributed by atoms with Crippen molar-refractivity contribution in [2.45, 2.75) is 25.0 Å². The Bertz CT molecular complexity index is 447. The molecule has 0 saturated carbocycles. The Hall–Kier alpha value is -1.50. The number of hydrogen-bond acceptors (Lipinski definition) is 5. The van der Waals surface area contributed by atoms with E-state index >= 15 is 0 Å². The van der Waals surface area contributed by atoms with Crippen LogP contribution in [-0.4, -0.2) is 27.8 Å². The summed E-state index contributed by atoms with van der Waals surface area (Å²) < 4.78 is 5.94. The highest BCUT2D eigenvalue weighted by atomic mass is 32.2. The minimum Gasteiger partial charge on any atom is -0.466 e. The van der Waals surface area contributed by atoms with E-state index in [9.17, 15) is 9.59 Å². The molecule has 16 heavy (non-hydrogen) atoms. The molecule has 6 nitrogen and oxygen atoms in total. The minimum absolute atomic E-state index is 0.0141. The SMILES string of the molecule is COC(=O)C=CSc1n[nH]c(=O)n1C(C)C. The van der Waals surface area contributed by atoms with Gasteiger partial charge in [0.2, 0.25) is 0 Å². The number of ether oxygens (including phenoxy) is 1. The number of methoxy groups -OCH3 is 1. The molecule has 0 amide bonds. The molecular weight excluding hydrogens is 230 g/mol. The first kappa shape index (κ1) is 12.6. The highest BCUT2D eigenvalue weighted by molar-refractivity contribution is 8.02. The van der Waals surface area contributed by atoms with Crippen LogP contribution in [0.3, 0.4) is 0 Å². The van der Waals surface area contributed by atoms with E-state index < -0.39 is 5.97 Å². The molecule has 0 radical (unpaired) electrons. The van der Waals surface area contributed by atoms with E-state index in [0.29, 0.717) is 5.16 Å². The summed E-state index contributed by atoms with van der Waals surface area (Å²) in [4.78, 5) is 22.2. The molecule has 7 heteroatoms. The molecule has 1 heterocycles. The Kier molecular flexibility index (Phi) is 4.36. The molecule has 0 aliphatic rings. The molecule has 0 atom stereocenters. The summed E-state index contributed by atoms with van der Waals surface area (Å²) in [7, 11) is 1.30. The second-order valence-corrected chi connectivity index (χ2v) is 4.09. The zero-order valence-corrected chi connectivity index (χ0v) is 10.1. The quantitative estimate of drug-likeness (QED) is 0.483. The van der Waals surface area contributed by atoms with Gasteiger partial charge in [0.25, 0.3) is 0 Å². The third-order valence-corrected chi connectivity index (χ3v) is 2.54. The van der Waals surface area contributed by atoms with Gasteiger partial charge in [-0.1, -0.05) is 11.8 Å². The van der Waals surface area contributed by atoms with Crippen molar-refractivity contribution >= 4 is 17.7 Å². The van der Waals surface area contributed by atoms with E-state index in [1.54, 1.807) is 0 Å². The molecule has 0 bridgehead atoms. The maximum Gasteiger partial charge on any atom is 0.344 e. The summed E-state index contributed by atoms with van der Waals surface area (Å²) in [6, 6.07) is 0.0141. The van der Waals surface area contributed by atoms with Gasteiger partial charge in [-0.15, -0.1) is 5.10 Å². The fourth-order valence-corrected chi connectivity index (χ4v) is 1.85. The van der Waals surface area contributed by atoms with E-state index in [0.717, 1.165) is 0 Å². The molecule has 0 fully saturated rings. The van der Waals surface area contributed by atoms with Gasteiger partial charge in [-0.05, 0) is 19.3 Å². The van der Waals surface area contributed by atoms with E-state index in [2.05, 4.69) is 14.9 Å². The van der Waals surface area contributed by atoms with Crippen LogP contribution in [0.4, 0.5) is 0 Å². The van der Waals surface area contributed by atoms with Gasteiger partial charge in [0.15, 0.2) is 5.16 Å². The maximum atomic E-state index is 11.4. The molecule has 0 saturated heterocycles. The zero-order chi connectivity index (χ0) is 12.1. The molecule has 0 unspecified atom stereocenters. The number of aromatic amines is 1. The van der Waals surface area contributed by atoms with Gasteiger partial charge < -0.3 is 4.74 Å². The summed E-state index contributed by atoms with van der Waals surface area (Å²) in [5.41, 5.74) is -0.260. The van der Waals surface area contributed by atoms with Crippen LogP contribution in [0, 0.1) is 0 Å². The lowest BCUT2D eigenvalue weighted by atomic mass is 10.4. The van der Waals surface area contributed by atoms with Gasteiger partial charge in [-0.3, -0.25) is 4.57 Å². The number of H-pyrrole nitrogens is 1. The van der Waals surface area contributed by atoms with Crippen LogP contribution >= 0.6 is 11.8 Å².